The second-order valence-corrected chi connectivity index (χ2v) is 5.12. The Bertz CT molecular complexity index is 946. The quantitative estimate of drug-likeness (QED) is 0.389. The second kappa shape index (κ2) is 6.48. The van der Waals surface area contributed by atoms with Crippen LogP contribution < -0.4 is 19.8 Å². The first kappa shape index (κ1) is 16.2. The Kier molecular flexibility index (Phi) is 4.21. The van der Waals surface area contributed by atoms with Gasteiger partial charge < -0.3 is 19.2 Å². The summed E-state index contributed by atoms with van der Waals surface area (Å²) < 4.78 is 15.3. The van der Waals surface area contributed by atoms with E-state index in [-0.39, 0.29) is 6.79 Å². The number of fused-ring (bicyclic) bond motifs is 1. The molecule has 2 heterocycles. The number of rotatable bonds is 4. The average molecular weight is 344 g/mol. The summed E-state index contributed by atoms with van der Waals surface area (Å²) in [6, 6.07) is 6.28. The molecule has 3 rings (SSSR count). The molecule has 0 saturated heterocycles. The lowest BCUT2D eigenvalue weighted by molar-refractivity contribution is -0.387. The van der Waals surface area contributed by atoms with E-state index in [0.29, 0.717) is 22.8 Å². The number of nitrogens with zero attached hydrogens (tertiary/aromatic N) is 1. The van der Waals surface area contributed by atoms with Gasteiger partial charge in [0, 0.05) is 17.8 Å². The van der Waals surface area contributed by atoms with Gasteiger partial charge in [-0.1, -0.05) is 6.07 Å². The standard InChI is InChI=1S/C16H12N2O7/c1-9-6-13(15(18(21)22)16(20)17-9)25-14(19)5-3-10-2-4-11-12(7-10)24-8-23-11/h2-7H,8H2,1H3,(H,17,20)/b5-3+. The number of nitrogens with one attached hydrogen (secondary N) is 1. The summed E-state index contributed by atoms with van der Waals surface area (Å²) in [6.45, 7) is 1.65. The second-order valence-electron chi connectivity index (χ2n) is 5.12. The molecular formula is C16H12N2O7. The van der Waals surface area contributed by atoms with Crippen LogP contribution in [-0.4, -0.2) is 22.7 Å². The number of aromatic nitrogens is 1. The van der Waals surface area contributed by atoms with Crippen LogP contribution in [0.1, 0.15) is 11.3 Å². The molecule has 1 aliphatic heterocycles. The van der Waals surface area contributed by atoms with E-state index in [0.717, 1.165) is 6.08 Å². The molecule has 1 N–H and O–H groups in total. The molecule has 0 aliphatic carbocycles. The van der Waals surface area contributed by atoms with Crippen molar-refractivity contribution >= 4 is 17.7 Å². The highest BCUT2D eigenvalue weighted by Crippen LogP contribution is 2.32. The van der Waals surface area contributed by atoms with Crippen LogP contribution in [0, 0.1) is 17.0 Å². The molecule has 0 fully saturated rings. The summed E-state index contributed by atoms with van der Waals surface area (Å²) in [6.07, 6.45) is 2.55. The molecule has 0 bridgehead atoms. The SMILES string of the molecule is Cc1cc(OC(=O)/C=C/c2ccc3c(c2)OCO3)c([N+](=O)[O-])c(=O)[nH]1. The zero-order chi connectivity index (χ0) is 18.0. The Morgan fingerprint density at radius 3 is 2.84 bits per heavy atom. The fraction of sp³-hybridized carbons (Fsp3) is 0.125. The molecule has 9 nitrogen and oxygen atoms in total. The molecule has 0 amide bonds. The van der Waals surface area contributed by atoms with E-state index in [1.165, 1.54) is 19.1 Å². The zero-order valence-electron chi connectivity index (χ0n) is 13.0. The molecule has 0 atom stereocenters. The average Bonchev–Trinajstić information content (AvgIpc) is 2.99. The Morgan fingerprint density at radius 2 is 2.08 bits per heavy atom. The lowest BCUT2D eigenvalue weighted by Crippen LogP contribution is -2.16. The van der Waals surface area contributed by atoms with Crippen molar-refractivity contribution in [1.82, 2.24) is 4.98 Å². The van der Waals surface area contributed by atoms with E-state index in [9.17, 15) is 19.7 Å². The third-order valence-corrected chi connectivity index (χ3v) is 3.31. The third kappa shape index (κ3) is 3.50. The molecular weight excluding hydrogens is 332 g/mol. The number of H-pyrrole nitrogens is 1. The van der Waals surface area contributed by atoms with Crippen molar-refractivity contribution in [2.24, 2.45) is 0 Å². The minimum atomic E-state index is -0.937. The lowest BCUT2D eigenvalue weighted by Gasteiger charge is -2.03. The maximum Gasteiger partial charge on any atom is 0.376 e. The minimum absolute atomic E-state index is 0.135. The maximum absolute atomic E-state index is 11.9. The van der Waals surface area contributed by atoms with Gasteiger partial charge in [0.25, 0.3) is 0 Å². The summed E-state index contributed by atoms with van der Waals surface area (Å²) in [5, 5.41) is 11.0. The van der Waals surface area contributed by atoms with Crippen molar-refractivity contribution in [3.63, 3.8) is 0 Å². The van der Waals surface area contributed by atoms with Crippen molar-refractivity contribution in [2.75, 3.05) is 6.79 Å². The topological polar surface area (TPSA) is 121 Å². The number of hydrogen-bond donors (Lipinski definition) is 1. The van der Waals surface area contributed by atoms with Crippen molar-refractivity contribution in [3.8, 4) is 17.2 Å². The van der Waals surface area contributed by atoms with Crippen LogP contribution in [0.3, 0.4) is 0 Å². The molecule has 0 radical (unpaired) electrons. The first-order chi connectivity index (χ1) is 11.9. The van der Waals surface area contributed by atoms with Gasteiger partial charge in [-0.25, -0.2) is 4.79 Å². The summed E-state index contributed by atoms with van der Waals surface area (Å²) in [7, 11) is 0. The lowest BCUT2D eigenvalue weighted by atomic mass is 10.2. The fourth-order valence-corrected chi connectivity index (χ4v) is 2.23. The number of ether oxygens (including phenoxy) is 3. The van der Waals surface area contributed by atoms with E-state index in [2.05, 4.69) is 4.98 Å². The Balaban J connectivity index is 1.79. The van der Waals surface area contributed by atoms with Crippen molar-refractivity contribution < 1.29 is 23.9 Å². The number of benzene rings is 1. The molecule has 1 aliphatic rings. The number of carbonyl (C=O) groups is 1. The monoisotopic (exact) mass is 344 g/mol. The van der Waals surface area contributed by atoms with Gasteiger partial charge in [0.1, 0.15) is 0 Å². The van der Waals surface area contributed by atoms with Gasteiger partial charge in [0.15, 0.2) is 11.5 Å². The third-order valence-electron chi connectivity index (χ3n) is 3.31. The van der Waals surface area contributed by atoms with E-state index >= 15 is 0 Å². The van der Waals surface area contributed by atoms with Crippen LogP contribution in [0.2, 0.25) is 0 Å². The highest BCUT2D eigenvalue weighted by atomic mass is 16.7. The van der Waals surface area contributed by atoms with Gasteiger partial charge >= 0.3 is 17.2 Å². The molecule has 128 valence electrons. The number of esters is 1. The highest BCUT2D eigenvalue weighted by molar-refractivity contribution is 5.89. The van der Waals surface area contributed by atoms with Crippen LogP contribution in [0.4, 0.5) is 5.69 Å². The summed E-state index contributed by atoms with van der Waals surface area (Å²) in [5.74, 6) is -0.108. The smallest absolute Gasteiger partial charge is 0.376 e. The van der Waals surface area contributed by atoms with Gasteiger partial charge in [-0.15, -0.1) is 0 Å². The van der Waals surface area contributed by atoms with Gasteiger partial charge in [0.2, 0.25) is 12.5 Å². The summed E-state index contributed by atoms with van der Waals surface area (Å²) >= 11 is 0. The number of hydrogen-bond acceptors (Lipinski definition) is 7. The minimum Gasteiger partial charge on any atom is -0.454 e. The first-order valence-corrected chi connectivity index (χ1v) is 7.12. The zero-order valence-corrected chi connectivity index (χ0v) is 13.0. The number of aryl methyl sites for hydroxylation is 1. The van der Waals surface area contributed by atoms with Gasteiger partial charge in [0.05, 0.1) is 4.92 Å². The first-order valence-electron chi connectivity index (χ1n) is 7.12. The van der Waals surface area contributed by atoms with Crippen molar-refractivity contribution in [2.45, 2.75) is 6.92 Å². The Morgan fingerprint density at radius 1 is 1.32 bits per heavy atom. The van der Waals surface area contributed by atoms with Crippen molar-refractivity contribution in [3.05, 3.63) is 62.1 Å². The van der Waals surface area contributed by atoms with E-state index < -0.39 is 27.9 Å². The van der Waals surface area contributed by atoms with E-state index in [1.807, 2.05) is 0 Å². The van der Waals surface area contributed by atoms with E-state index in [4.69, 9.17) is 14.2 Å². The van der Waals surface area contributed by atoms with Crippen LogP contribution in [-0.2, 0) is 4.79 Å². The van der Waals surface area contributed by atoms with Gasteiger partial charge in [-0.05, 0) is 30.7 Å². The number of nitro groups is 1. The largest absolute Gasteiger partial charge is 0.454 e. The number of carbonyl (C=O) groups excluding carboxylic acids is 1. The van der Waals surface area contributed by atoms with Crippen LogP contribution >= 0.6 is 0 Å². The molecule has 2 aromatic rings. The predicted octanol–water partition coefficient (Wildman–Crippen LogP) is 1.94. The van der Waals surface area contributed by atoms with E-state index in [1.54, 1.807) is 18.2 Å². The number of pyridine rings is 1. The highest BCUT2D eigenvalue weighted by Gasteiger charge is 2.23. The molecule has 9 heteroatoms. The normalized spacial score (nSPS) is 12.4. The maximum atomic E-state index is 11.9. The molecule has 0 unspecified atom stereocenters. The van der Waals surface area contributed by atoms with Crippen LogP contribution in [0.25, 0.3) is 6.08 Å². The molecule has 25 heavy (non-hydrogen) atoms. The van der Waals surface area contributed by atoms with Crippen LogP contribution in [0.5, 0.6) is 17.2 Å². The number of aromatic amines is 1. The predicted molar refractivity (Wildman–Crippen MR) is 85.7 cm³/mol. The summed E-state index contributed by atoms with van der Waals surface area (Å²) in [4.78, 5) is 35.9. The van der Waals surface area contributed by atoms with Gasteiger partial charge in [-0.2, -0.15) is 0 Å². The Hall–Kier alpha value is -3.62. The van der Waals surface area contributed by atoms with Crippen LogP contribution in [0.15, 0.2) is 35.1 Å². The van der Waals surface area contributed by atoms with Crippen molar-refractivity contribution in [1.29, 1.82) is 0 Å². The molecule has 1 aromatic heterocycles. The Labute approximate surface area is 140 Å². The molecule has 0 spiro atoms. The molecule has 0 saturated carbocycles. The summed E-state index contributed by atoms with van der Waals surface area (Å²) in [5.41, 5.74) is -0.779. The van der Waals surface area contributed by atoms with Gasteiger partial charge in [-0.3, -0.25) is 14.9 Å². The molecule has 1 aromatic carbocycles. The fourth-order valence-electron chi connectivity index (χ4n) is 2.23.